The molecular formula is C22H17N3O4. The van der Waals surface area contributed by atoms with E-state index in [0.717, 1.165) is 11.1 Å². The lowest BCUT2D eigenvalue weighted by atomic mass is 10.1. The van der Waals surface area contributed by atoms with Crippen LogP contribution in [-0.2, 0) is 0 Å². The molecule has 0 saturated heterocycles. The number of fused-ring (bicyclic) bond motifs is 1. The van der Waals surface area contributed by atoms with Crippen molar-refractivity contribution >= 4 is 28.4 Å². The summed E-state index contributed by atoms with van der Waals surface area (Å²) in [4.78, 5) is 27.2. The van der Waals surface area contributed by atoms with Gasteiger partial charge in [0, 0.05) is 28.9 Å². The maximum absolute atomic E-state index is 12.4. The molecule has 0 atom stereocenters. The molecule has 4 aromatic rings. The lowest BCUT2D eigenvalue weighted by Gasteiger charge is -2.04. The van der Waals surface area contributed by atoms with Crippen LogP contribution in [0.2, 0.25) is 0 Å². The molecule has 7 heteroatoms. The van der Waals surface area contributed by atoms with Gasteiger partial charge in [0.25, 0.3) is 11.6 Å². The molecule has 1 aromatic heterocycles. The van der Waals surface area contributed by atoms with Crippen LogP contribution in [0.5, 0.6) is 0 Å². The molecule has 0 fully saturated rings. The number of oxazole rings is 1. The average molecular weight is 387 g/mol. The van der Waals surface area contributed by atoms with Gasteiger partial charge in [-0.05, 0) is 67.4 Å². The van der Waals surface area contributed by atoms with E-state index in [9.17, 15) is 14.9 Å². The van der Waals surface area contributed by atoms with Gasteiger partial charge in [0.1, 0.15) is 5.52 Å². The number of nitro groups is 1. The van der Waals surface area contributed by atoms with Gasteiger partial charge in [-0.2, -0.15) is 0 Å². The highest BCUT2D eigenvalue weighted by molar-refractivity contribution is 6.05. The van der Waals surface area contributed by atoms with Crippen LogP contribution >= 0.6 is 0 Å². The molecular weight excluding hydrogens is 370 g/mol. The quantitative estimate of drug-likeness (QED) is 0.380. The first-order valence-corrected chi connectivity index (χ1v) is 8.95. The number of aromatic nitrogens is 1. The van der Waals surface area contributed by atoms with Crippen molar-refractivity contribution in [1.82, 2.24) is 4.98 Å². The van der Waals surface area contributed by atoms with Crippen LogP contribution in [0.3, 0.4) is 0 Å². The Balaban J connectivity index is 1.57. The van der Waals surface area contributed by atoms with Gasteiger partial charge in [0.15, 0.2) is 5.58 Å². The van der Waals surface area contributed by atoms with Crippen LogP contribution in [0.4, 0.5) is 11.4 Å². The Morgan fingerprint density at radius 2 is 1.76 bits per heavy atom. The molecule has 0 aliphatic rings. The van der Waals surface area contributed by atoms with Crippen LogP contribution in [0.25, 0.3) is 22.6 Å². The van der Waals surface area contributed by atoms with Gasteiger partial charge in [-0.3, -0.25) is 14.9 Å². The van der Waals surface area contributed by atoms with Crippen LogP contribution in [-0.4, -0.2) is 15.8 Å². The van der Waals surface area contributed by atoms with Crippen molar-refractivity contribution in [1.29, 1.82) is 0 Å². The minimum absolute atomic E-state index is 0.0653. The fraction of sp³-hybridized carbons (Fsp3) is 0.0909. The number of non-ortho nitro benzene ring substituents is 1. The molecule has 0 bridgehead atoms. The number of carbonyl (C=O) groups excluding carboxylic acids is 1. The molecule has 1 N–H and O–H groups in total. The van der Waals surface area contributed by atoms with Crippen LogP contribution in [0.15, 0.2) is 65.1 Å². The summed E-state index contributed by atoms with van der Waals surface area (Å²) in [7, 11) is 0. The van der Waals surface area contributed by atoms with Crippen molar-refractivity contribution in [3.63, 3.8) is 0 Å². The molecule has 0 unspecified atom stereocenters. The maximum Gasteiger partial charge on any atom is 0.269 e. The minimum atomic E-state index is -0.507. The number of carbonyl (C=O) groups is 1. The van der Waals surface area contributed by atoms with Gasteiger partial charge in [-0.1, -0.05) is 6.07 Å². The fourth-order valence-electron chi connectivity index (χ4n) is 2.94. The van der Waals surface area contributed by atoms with Crippen molar-refractivity contribution in [3.8, 4) is 11.5 Å². The summed E-state index contributed by atoms with van der Waals surface area (Å²) < 4.78 is 5.84. The lowest BCUT2D eigenvalue weighted by Crippen LogP contribution is -2.11. The van der Waals surface area contributed by atoms with Gasteiger partial charge < -0.3 is 9.73 Å². The Morgan fingerprint density at radius 1 is 1.00 bits per heavy atom. The number of aryl methyl sites for hydroxylation is 2. The Bertz CT molecular complexity index is 1240. The van der Waals surface area contributed by atoms with Gasteiger partial charge in [0.05, 0.1) is 4.92 Å². The van der Waals surface area contributed by atoms with Gasteiger partial charge in [-0.25, -0.2) is 4.98 Å². The second-order valence-corrected chi connectivity index (χ2v) is 6.76. The topological polar surface area (TPSA) is 98.3 Å². The number of hydrogen-bond acceptors (Lipinski definition) is 5. The maximum atomic E-state index is 12.4. The molecule has 0 aliphatic carbocycles. The predicted octanol–water partition coefficient (Wildman–Crippen LogP) is 5.27. The third-order valence-electron chi connectivity index (χ3n) is 4.74. The van der Waals surface area contributed by atoms with E-state index in [1.807, 2.05) is 32.0 Å². The number of benzene rings is 3. The Hall–Kier alpha value is -4.00. The molecule has 0 spiro atoms. The number of nitro benzene ring substituents is 1. The largest absolute Gasteiger partial charge is 0.436 e. The summed E-state index contributed by atoms with van der Waals surface area (Å²) in [5.74, 6) is 0.152. The smallest absolute Gasteiger partial charge is 0.269 e. The van der Waals surface area contributed by atoms with Gasteiger partial charge >= 0.3 is 0 Å². The monoisotopic (exact) mass is 387 g/mol. The third-order valence-corrected chi connectivity index (χ3v) is 4.74. The Morgan fingerprint density at radius 3 is 2.45 bits per heavy atom. The van der Waals surface area contributed by atoms with E-state index in [1.165, 1.54) is 29.8 Å². The van der Waals surface area contributed by atoms with Crippen LogP contribution < -0.4 is 5.32 Å². The van der Waals surface area contributed by atoms with Crippen molar-refractivity contribution in [2.75, 3.05) is 5.32 Å². The van der Waals surface area contributed by atoms with E-state index in [4.69, 9.17) is 4.42 Å². The summed E-state index contributed by atoms with van der Waals surface area (Å²) in [6, 6.07) is 16.6. The molecule has 3 aromatic carbocycles. The van der Waals surface area contributed by atoms with Crippen molar-refractivity contribution in [2.45, 2.75) is 13.8 Å². The summed E-state index contributed by atoms with van der Waals surface area (Å²) >= 11 is 0. The van der Waals surface area contributed by atoms with Crippen LogP contribution in [0.1, 0.15) is 21.5 Å². The molecule has 1 amide bonds. The first-order valence-electron chi connectivity index (χ1n) is 8.95. The van der Waals surface area contributed by atoms with E-state index in [-0.39, 0.29) is 11.6 Å². The van der Waals surface area contributed by atoms with Crippen molar-refractivity contribution in [3.05, 3.63) is 87.5 Å². The number of amides is 1. The number of anilines is 1. The van der Waals surface area contributed by atoms with Crippen molar-refractivity contribution in [2.24, 2.45) is 0 Å². The van der Waals surface area contributed by atoms with E-state index in [0.29, 0.717) is 28.2 Å². The summed E-state index contributed by atoms with van der Waals surface area (Å²) in [5, 5.41) is 13.5. The molecule has 0 saturated carbocycles. The van der Waals surface area contributed by atoms with E-state index >= 15 is 0 Å². The first-order chi connectivity index (χ1) is 13.9. The molecule has 29 heavy (non-hydrogen) atoms. The number of nitrogens with zero attached hydrogens (tertiary/aromatic N) is 2. The summed E-state index contributed by atoms with van der Waals surface area (Å²) in [5.41, 5.74) is 5.30. The molecule has 0 aliphatic heterocycles. The number of nitrogens with one attached hydrogen (secondary N) is 1. The Labute approximate surface area is 166 Å². The van der Waals surface area contributed by atoms with E-state index in [2.05, 4.69) is 10.3 Å². The molecule has 144 valence electrons. The minimum Gasteiger partial charge on any atom is -0.436 e. The highest BCUT2D eigenvalue weighted by Gasteiger charge is 2.13. The zero-order valence-corrected chi connectivity index (χ0v) is 15.8. The second-order valence-electron chi connectivity index (χ2n) is 6.76. The van der Waals surface area contributed by atoms with Gasteiger partial charge in [0.2, 0.25) is 5.89 Å². The second kappa shape index (κ2) is 7.20. The SMILES string of the molecule is Cc1ccc(-c2nc3cc(NC(=O)c4ccc([N+](=O)[O-])cc4)ccc3o2)cc1C. The Kier molecular flexibility index (Phi) is 4.56. The highest BCUT2D eigenvalue weighted by atomic mass is 16.6. The standard InChI is InChI=1S/C22H17N3O4/c1-13-3-4-16(11-14(13)2)22-24-19-12-17(7-10-20(19)29-22)23-21(26)15-5-8-18(9-6-15)25(27)28/h3-12H,1-2H3,(H,23,26). The predicted molar refractivity (Wildman–Crippen MR) is 110 cm³/mol. The number of hydrogen-bond donors (Lipinski definition) is 1. The highest BCUT2D eigenvalue weighted by Crippen LogP contribution is 2.27. The lowest BCUT2D eigenvalue weighted by molar-refractivity contribution is -0.384. The number of rotatable bonds is 4. The van der Waals surface area contributed by atoms with Crippen LogP contribution in [0, 0.1) is 24.0 Å². The van der Waals surface area contributed by atoms with Gasteiger partial charge in [-0.15, -0.1) is 0 Å². The van der Waals surface area contributed by atoms with Crippen molar-refractivity contribution < 1.29 is 14.1 Å². The molecule has 1 heterocycles. The normalized spacial score (nSPS) is 10.8. The summed E-state index contributed by atoms with van der Waals surface area (Å²) in [6.07, 6.45) is 0. The molecule has 4 rings (SSSR count). The molecule has 0 radical (unpaired) electrons. The average Bonchev–Trinajstić information content (AvgIpc) is 3.13. The fourth-order valence-corrected chi connectivity index (χ4v) is 2.94. The zero-order chi connectivity index (χ0) is 20.5. The van der Waals surface area contributed by atoms with E-state index in [1.54, 1.807) is 18.2 Å². The zero-order valence-electron chi connectivity index (χ0n) is 15.8. The van der Waals surface area contributed by atoms with E-state index < -0.39 is 4.92 Å². The third kappa shape index (κ3) is 3.70. The molecule has 7 nitrogen and oxygen atoms in total. The summed E-state index contributed by atoms with van der Waals surface area (Å²) in [6.45, 7) is 4.08. The first kappa shape index (κ1) is 18.4.